The van der Waals surface area contributed by atoms with Gasteiger partial charge >= 0.3 is 0 Å². The first-order chi connectivity index (χ1) is 10.7. The van der Waals surface area contributed by atoms with Gasteiger partial charge in [0.05, 0.1) is 20.4 Å². The third kappa shape index (κ3) is 3.63. The van der Waals surface area contributed by atoms with Gasteiger partial charge in [0.25, 0.3) is 5.91 Å². The number of rotatable bonds is 5. The quantitative estimate of drug-likeness (QED) is 0.682. The van der Waals surface area contributed by atoms with E-state index in [0.29, 0.717) is 17.1 Å². The van der Waals surface area contributed by atoms with Crippen LogP contribution in [0.4, 0.5) is 0 Å². The zero-order valence-corrected chi connectivity index (χ0v) is 12.8. The van der Waals surface area contributed by atoms with E-state index in [2.05, 4.69) is 10.5 Å². The van der Waals surface area contributed by atoms with Gasteiger partial charge in [-0.3, -0.25) is 4.79 Å². The molecule has 1 amide bonds. The van der Waals surface area contributed by atoms with E-state index in [9.17, 15) is 4.79 Å². The number of aryl methyl sites for hydroxylation is 1. The topological polar surface area (TPSA) is 59.9 Å². The lowest BCUT2D eigenvalue weighted by atomic mass is 10.1. The number of hydrazone groups is 1. The molecule has 2 rings (SSSR count). The Balaban J connectivity index is 2.10. The molecule has 5 heteroatoms. The van der Waals surface area contributed by atoms with Crippen LogP contribution in [0.15, 0.2) is 47.6 Å². The molecule has 0 bridgehead atoms. The van der Waals surface area contributed by atoms with Gasteiger partial charge in [0.15, 0.2) is 0 Å². The first kappa shape index (κ1) is 15.6. The van der Waals surface area contributed by atoms with Crippen LogP contribution >= 0.6 is 0 Å². The van der Waals surface area contributed by atoms with Gasteiger partial charge in [0, 0.05) is 17.2 Å². The van der Waals surface area contributed by atoms with Crippen LogP contribution < -0.4 is 14.9 Å². The van der Waals surface area contributed by atoms with Crippen molar-refractivity contribution in [3.63, 3.8) is 0 Å². The molecule has 0 saturated heterocycles. The van der Waals surface area contributed by atoms with Crippen molar-refractivity contribution >= 4 is 12.1 Å². The Morgan fingerprint density at radius 3 is 2.59 bits per heavy atom. The Hall–Kier alpha value is -2.82. The van der Waals surface area contributed by atoms with E-state index in [-0.39, 0.29) is 5.91 Å². The van der Waals surface area contributed by atoms with Crippen LogP contribution in [-0.2, 0) is 0 Å². The second kappa shape index (κ2) is 7.26. The number of nitrogens with one attached hydrogen (secondary N) is 1. The minimum Gasteiger partial charge on any atom is -0.497 e. The van der Waals surface area contributed by atoms with Gasteiger partial charge in [0.2, 0.25) is 0 Å². The van der Waals surface area contributed by atoms with Gasteiger partial charge < -0.3 is 9.47 Å². The normalized spacial score (nSPS) is 10.5. The van der Waals surface area contributed by atoms with Gasteiger partial charge in [0.1, 0.15) is 11.5 Å². The van der Waals surface area contributed by atoms with E-state index < -0.39 is 0 Å². The minimum atomic E-state index is -0.248. The SMILES string of the molecule is COc1ccc(/C=N\NC(=O)c2ccccc2C)c(OC)c1. The van der Waals surface area contributed by atoms with Crippen molar-refractivity contribution in [1.29, 1.82) is 0 Å². The number of nitrogens with zero attached hydrogens (tertiary/aromatic N) is 1. The lowest BCUT2D eigenvalue weighted by Gasteiger charge is -2.07. The number of hydrogen-bond acceptors (Lipinski definition) is 4. The van der Waals surface area contributed by atoms with E-state index in [1.54, 1.807) is 38.5 Å². The summed E-state index contributed by atoms with van der Waals surface area (Å²) in [4.78, 5) is 12.0. The number of carbonyl (C=O) groups excluding carboxylic acids is 1. The molecule has 1 N–H and O–H groups in total. The molecular formula is C17H18N2O3. The van der Waals surface area contributed by atoms with Gasteiger partial charge in [-0.2, -0.15) is 5.10 Å². The van der Waals surface area contributed by atoms with Gasteiger partial charge in [-0.1, -0.05) is 18.2 Å². The lowest BCUT2D eigenvalue weighted by molar-refractivity contribution is 0.0954. The zero-order chi connectivity index (χ0) is 15.9. The Bertz CT molecular complexity index is 696. The van der Waals surface area contributed by atoms with E-state index in [1.807, 2.05) is 25.1 Å². The Morgan fingerprint density at radius 1 is 1.14 bits per heavy atom. The molecule has 0 aliphatic carbocycles. The predicted octanol–water partition coefficient (Wildman–Crippen LogP) is 2.78. The van der Waals surface area contributed by atoms with Crippen molar-refractivity contribution in [3.8, 4) is 11.5 Å². The van der Waals surface area contributed by atoms with Crippen LogP contribution in [0.2, 0.25) is 0 Å². The summed E-state index contributed by atoms with van der Waals surface area (Å²) in [6.45, 7) is 1.88. The minimum absolute atomic E-state index is 0.248. The average molecular weight is 298 g/mol. The number of amides is 1. The van der Waals surface area contributed by atoms with E-state index in [4.69, 9.17) is 9.47 Å². The molecule has 0 aromatic heterocycles. The summed E-state index contributed by atoms with van der Waals surface area (Å²) in [7, 11) is 3.16. The summed E-state index contributed by atoms with van der Waals surface area (Å²) < 4.78 is 10.4. The number of carbonyl (C=O) groups is 1. The number of methoxy groups -OCH3 is 2. The summed E-state index contributed by atoms with van der Waals surface area (Å²) in [5.74, 6) is 1.06. The maximum absolute atomic E-state index is 12.0. The Labute approximate surface area is 129 Å². The molecule has 2 aromatic rings. The Kier molecular flexibility index (Phi) is 5.14. The smallest absolute Gasteiger partial charge is 0.271 e. The third-order valence-electron chi connectivity index (χ3n) is 3.20. The van der Waals surface area contributed by atoms with Gasteiger partial charge in [-0.25, -0.2) is 5.43 Å². The zero-order valence-electron chi connectivity index (χ0n) is 12.8. The van der Waals surface area contributed by atoms with Crippen molar-refractivity contribution < 1.29 is 14.3 Å². The molecule has 0 heterocycles. The van der Waals surface area contributed by atoms with E-state index >= 15 is 0 Å². The molecule has 0 fully saturated rings. The molecule has 0 radical (unpaired) electrons. The summed E-state index contributed by atoms with van der Waals surface area (Å²) >= 11 is 0. The molecule has 22 heavy (non-hydrogen) atoms. The van der Waals surface area contributed by atoms with Crippen LogP contribution in [0.3, 0.4) is 0 Å². The highest BCUT2D eigenvalue weighted by molar-refractivity contribution is 5.96. The van der Waals surface area contributed by atoms with Crippen LogP contribution in [0, 0.1) is 6.92 Å². The fraction of sp³-hybridized carbons (Fsp3) is 0.176. The van der Waals surface area contributed by atoms with Gasteiger partial charge in [-0.15, -0.1) is 0 Å². The fourth-order valence-corrected chi connectivity index (χ4v) is 1.97. The van der Waals surface area contributed by atoms with Crippen molar-refractivity contribution in [3.05, 3.63) is 59.2 Å². The van der Waals surface area contributed by atoms with Crippen LogP contribution in [0.1, 0.15) is 21.5 Å². The summed E-state index contributed by atoms with van der Waals surface area (Å²) in [5, 5.41) is 3.98. The highest BCUT2D eigenvalue weighted by atomic mass is 16.5. The molecule has 0 spiro atoms. The molecule has 0 unspecified atom stereocenters. The summed E-state index contributed by atoms with van der Waals surface area (Å²) in [6, 6.07) is 12.7. The molecule has 0 atom stereocenters. The predicted molar refractivity (Wildman–Crippen MR) is 85.8 cm³/mol. The summed E-state index contributed by atoms with van der Waals surface area (Å²) in [6.07, 6.45) is 1.54. The molecule has 0 saturated carbocycles. The molecular weight excluding hydrogens is 280 g/mol. The number of benzene rings is 2. The van der Waals surface area contributed by atoms with Crippen molar-refractivity contribution in [2.75, 3.05) is 14.2 Å². The second-order valence-electron chi connectivity index (χ2n) is 4.62. The van der Waals surface area contributed by atoms with E-state index in [1.165, 1.54) is 6.21 Å². The number of hydrogen-bond donors (Lipinski definition) is 1. The molecule has 0 aliphatic heterocycles. The summed E-state index contributed by atoms with van der Waals surface area (Å²) in [5.41, 5.74) is 4.75. The molecule has 114 valence electrons. The highest BCUT2D eigenvalue weighted by Gasteiger charge is 2.07. The standard InChI is InChI=1S/C17H18N2O3/c1-12-6-4-5-7-15(12)17(20)19-18-11-13-8-9-14(21-2)10-16(13)22-3/h4-11H,1-3H3,(H,19,20)/b18-11-. The monoisotopic (exact) mass is 298 g/mol. The lowest BCUT2D eigenvalue weighted by Crippen LogP contribution is -2.18. The highest BCUT2D eigenvalue weighted by Crippen LogP contribution is 2.22. The van der Waals surface area contributed by atoms with Crippen LogP contribution in [-0.4, -0.2) is 26.3 Å². The largest absolute Gasteiger partial charge is 0.497 e. The number of ether oxygens (including phenoxy) is 2. The Morgan fingerprint density at radius 2 is 1.91 bits per heavy atom. The molecule has 5 nitrogen and oxygen atoms in total. The fourth-order valence-electron chi connectivity index (χ4n) is 1.97. The van der Waals surface area contributed by atoms with Crippen LogP contribution in [0.5, 0.6) is 11.5 Å². The van der Waals surface area contributed by atoms with Crippen LogP contribution in [0.25, 0.3) is 0 Å². The molecule has 2 aromatic carbocycles. The first-order valence-corrected chi connectivity index (χ1v) is 6.76. The third-order valence-corrected chi connectivity index (χ3v) is 3.20. The van der Waals surface area contributed by atoms with Gasteiger partial charge in [-0.05, 0) is 30.7 Å². The first-order valence-electron chi connectivity index (χ1n) is 6.76. The van der Waals surface area contributed by atoms with Crippen molar-refractivity contribution in [2.24, 2.45) is 5.10 Å². The average Bonchev–Trinajstić information content (AvgIpc) is 2.55. The molecule has 0 aliphatic rings. The van der Waals surface area contributed by atoms with Crippen molar-refractivity contribution in [1.82, 2.24) is 5.43 Å². The maximum atomic E-state index is 12.0. The second-order valence-corrected chi connectivity index (χ2v) is 4.62. The van der Waals surface area contributed by atoms with Crippen molar-refractivity contribution in [2.45, 2.75) is 6.92 Å². The maximum Gasteiger partial charge on any atom is 0.271 e. The van der Waals surface area contributed by atoms with E-state index in [0.717, 1.165) is 11.1 Å².